The van der Waals surface area contributed by atoms with Gasteiger partial charge in [-0.1, -0.05) is 0 Å². The summed E-state index contributed by atoms with van der Waals surface area (Å²) in [5, 5.41) is 0.516. The molecule has 15 nitrogen and oxygen atoms in total. The highest BCUT2D eigenvalue weighted by atomic mass is 16.7. The Morgan fingerprint density at radius 2 is 0.702 bits per heavy atom. The maximum absolute atomic E-state index is 12.9. The summed E-state index contributed by atoms with van der Waals surface area (Å²) in [5.41, 5.74) is -2.01. The molecule has 2 amide bonds. The van der Waals surface area contributed by atoms with Crippen molar-refractivity contribution in [2.75, 3.05) is 78.5 Å². The summed E-state index contributed by atoms with van der Waals surface area (Å²) in [6.45, 7) is 18.8. The van der Waals surface area contributed by atoms with Gasteiger partial charge in [0.05, 0.1) is 26.2 Å². The summed E-state index contributed by atoms with van der Waals surface area (Å²) >= 11 is 0. The van der Waals surface area contributed by atoms with Gasteiger partial charge in [0.15, 0.2) is 0 Å². The molecule has 268 valence electrons. The summed E-state index contributed by atoms with van der Waals surface area (Å²) in [5.74, 6) is -3.13. The Bertz CT molecular complexity index is 1060. The fraction of sp³-hybridized carbons (Fsp3) is 0.812. The van der Waals surface area contributed by atoms with Crippen molar-refractivity contribution in [1.29, 1.82) is 0 Å². The summed E-state index contributed by atoms with van der Waals surface area (Å²) in [7, 11) is 0. The molecule has 2 aliphatic rings. The third-order valence-electron chi connectivity index (χ3n) is 6.80. The highest BCUT2D eigenvalue weighted by Crippen LogP contribution is 2.14. The summed E-state index contributed by atoms with van der Waals surface area (Å²) in [4.78, 5) is 87.9. The number of carbonyl (C=O) groups excluding carboxylic acids is 6. The van der Waals surface area contributed by atoms with E-state index in [1.54, 1.807) is 67.2 Å². The van der Waals surface area contributed by atoms with Crippen molar-refractivity contribution in [1.82, 2.24) is 24.7 Å². The van der Waals surface area contributed by atoms with E-state index < -0.39 is 46.5 Å². The molecule has 0 saturated carbocycles. The number of ether oxygens (including phenoxy) is 3. The molecule has 0 radical (unpaired) electrons. The van der Waals surface area contributed by atoms with Gasteiger partial charge < -0.3 is 19.0 Å². The van der Waals surface area contributed by atoms with Gasteiger partial charge in [0, 0.05) is 65.2 Å². The first-order chi connectivity index (χ1) is 21.6. The average Bonchev–Trinajstić information content (AvgIpc) is 3.18. The van der Waals surface area contributed by atoms with Gasteiger partial charge in [-0.3, -0.25) is 43.6 Å². The smallest absolute Gasteiger partial charge is 0.347 e. The van der Waals surface area contributed by atoms with Gasteiger partial charge in [-0.2, -0.15) is 0 Å². The number of rotatable bonds is 9. The summed E-state index contributed by atoms with van der Waals surface area (Å²) in [6.07, 6.45) is -0.0277. The van der Waals surface area contributed by atoms with Crippen LogP contribution in [0.3, 0.4) is 0 Å². The lowest BCUT2D eigenvalue weighted by molar-refractivity contribution is -0.198. The standard InChI is InChI=1S/C32H55N5O10/c1-30(2,3)44-26(40)20-33-12-14-34(21-27(41)45-31(4,5)6)16-18-36(23-29(43)47-37-24(38)10-11-25(37)39)19-17-35(15-13-33)22-28(42)46-32(7,8)9/h10-23H2,1-9H3. The molecule has 2 aliphatic heterocycles. The molecule has 47 heavy (non-hydrogen) atoms. The van der Waals surface area contributed by atoms with Crippen molar-refractivity contribution in [3.05, 3.63) is 0 Å². The molecule has 2 rings (SSSR count). The number of imide groups is 1. The molecule has 0 aliphatic carbocycles. The Kier molecular flexibility index (Phi) is 14.7. The van der Waals surface area contributed by atoms with Gasteiger partial charge >= 0.3 is 23.9 Å². The SMILES string of the molecule is CC(C)(C)OC(=O)CN1CCN(CC(=O)ON2C(=O)CCC2=O)CCN(CC(=O)OC(C)(C)C)CCN(CC(=O)OC(C)(C)C)CC1. The zero-order valence-corrected chi connectivity index (χ0v) is 29.7. The molecular weight excluding hydrogens is 614 g/mol. The average molecular weight is 670 g/mol. The molecule has 0 N–H and O–H groups in total. The Labute approximate surface area is 278 Å². The van der Waals surface area contributed by atoms with E-state index in [0.29, 0.717) is 57.4 Å². The monoisotopic (exact) mass is 669 g/mol. The molecule has 0 bridgehead atoms. The van der Waals surface area contributed by atoms with Gasteiger partial charge in [-0.15, -0.1) is 5.06 Å². The van der Waals surface area contributed by atoms with Crippen LogP contribution < -0.4 is 0 Å². The number of hydrogen-bond donors (Lipinski definition) is 0. The van der Waals surface area contributed by atoms with Crippen LogP contribution in [0.2, 0.25) is 0 Å². The number of amides is 2. The molecular formula is C32H55N5O10. The molecule has 15 heteroatoms. The zero-order chi connectivity index (χ0) is 35.6. The number of carbonyl (C=O) groups is 6. The number of hydroxylamine groups is 2. The fourth-order valence-electron chi connectivity index (χ4n) is 4.85. The first-order valence-corrected chi connectivity index (χ1v) is 16.2. The van der Waals surface area contributed by atoms with Gasteiger partial charge in [0.25, 0.3) is 11.8 Å². The third-order valence-corrected chi connectivity index (χ3v) is 6.80. The summed E-state index contributed by atoms with van der Waals surface area (Å²) < 4.78 is 16.7. The van der Waals surface area contributed by atoms with Crippen molar-refractivity contribution in [2.24, 2.45) is 0 Å². The molecule has 0 unspecified atom stereocenters. The molecule has 2 fully saturated rings. The lowest BCUT2D eigenvalue weighted by Crippen LogP contribution is -2.50. The first kappa shape index (κ1) is 40.0. The number of hydrogen-bond acceptors (Lipinski definition) is 14. The highest BCUT2D eigenvalue weighted by Gasteiger charge is 2.33. The lowest BCUT2D eigenvalue weighted by atomic mass is 10.2. The van der Waals surface area contributed by atoms with Crippen LogP contribution in [-0.4, -0.2) is 156 Å². The van der Waals surface area contributed by atoms with E-state index in [-0.39, 0.29) is 45.0 Å². The summed E-state index contributed by atoms with van der Waals surface area (Å²) in [6, 6.07) is 0. The largest absolute Gasteiger partial charge is 0.459 e. The van der Waals surface area contributed by atoms with Gasteiger partial charge in [-0.05, 0) is 62.3 Å². The van der Waals surface area contributed by atoms with Crippen LogP contribution in [0.25, 0.3) is 0 Å². The predicted molar refractivity (Wildman–Crippen MR) is 170 cm³/mol. The fourth-order valence-corrected chi connectivity index (χ4v) is 4.85. The number of nitrogens with zero attached hydrogens (tertiary/aromatic N) is 5. The normalized spacial score (nSPS) is 19.1. The second-order valence-corrected chi connectivity index (χ2v) is 14.9. The topological polar surface area (TPSA) is 156 Å². The maximum atomic E-state index is 12.9. The Morgan fingerprint density at radius 3 is 0.936 bits per heavy atom. The molecule has 0 spiro atoms. The second kappa shape index (κ2) is 17.3. The van der Waals surface area contributed by atoms with E-state index in [4.69, 9.17) is 19.0 Å². The van der Waals surface area contributed by atoms with Crippen LogP contribution >= 0.6 is 0 Å². The van der Waals surface area contributed by atoms with Gasteiger partial charge in [0.2, 0.25) is 0 Å². The third kappa shape index (κ3) is 17.0. The number of esters is 3. The lowest BCUT2D eigenvalue weighted by Gasteiger charge is -2.34. The second-order valence-electron chi connectivity index (χ2n) is 14.9. The van der Waals surface area contributed by atoms with Crippen molar-refractivity contribution >= 4 is 35.7 Å². The van der Waals surface area contributed by atoms with Gasteiger partial charge in [0.1, 0.15) is 16.8 Å². The minimum Gasteiger partial charge on any atom is -0.459 e. The van der Waals surface area contributed by atoms with Gasteiger partial charge in [-0.25, -0.2) is 4.79 Å². The molecule has 0 aromatic rings. The Morgan fingerprint density at radius 1 is 0.468 bits per heavy atom. The maximum Gasteiger partial charge on any atom is 0.347 e. The quantitative estimate of drug-likeness (QED) is 0.193. The van der Waals surface area contributed by atoms with Crippen molar-refractivity contribution in [3.8, 4) is 0 Å². The van der Waals surface area contributed by atoms with E-state index in [9.17, 15) is 28.8 Å². The van der Waals surface area contributed by atoms with Crippen molar-refractivity contribution < 1.29 is 47.8 Å². The van der Waals surface area contributed by atoms with Crippen LogP contribution in [0.1, 0.15) is 75.2 Å². The molecule has 0 aromatic heterocycles. The van der Waals surface area contributed by atoms with Crippen LogP contribution in [0.15, 0.2) is 0 Å². The van der Waals surface area contributed by atoms with E-state index >= 15 is 0 Å². The minimum atomic E-state index is -0.776. The van der Waals surface area contributed by atoms with Crippen LogP contribution in [-0.2, 0) is 47.8 Å². The first-order valence-electron chi connectivity index (χ1n) is 16.2. The molecule has 0 aromatic carbocycles. The predicted octanol–water partition coefficient (Wildman–Crippen LogP) is 0.840. The Hall–Kier alpha value is -3.14. The van der Waals surface area contributed by atoms with Crippen LogP contribution in [0, 0.1) is 0 Å². The highest BCUT2D eigenvalue weighted by molar-refractivity contribution is 6.01. The van der Waals surface area contributed by atoms with E-state index in [0.717, 1.165) is 0 Å². The van der Waals surface area contributed by atoms with Crippen molar-refractivity contribution in [2.45, 2.75) is 92.0 Å². The van der Waals surface area contributed by atoms with E-state index in [1.165, 1.54) is 0 Å². The molecule has 0 atom stereocenters. The Balaban J connectivity index is 2.28. The van der Waals surface area contributed by atoms with Crippen LogP contribution in [0.5, 0.6) is 0 Å². The molecule has 2 heterocycles. The van der Waals surface area contributed by atoms with Crippen molar-refractivity contribution in [3.63, 3.8) is 0 Å². The minimum absolute atomic E-state index is 0.0139. The van der Waals surface area contributed by atoms with E-state index in [2.05, 4.69) is 0 Å². The van der Waals surface area contributed by atoms with E-state index in [1.807, 2.05) is 14.7 Å². The molecule has 2 saturated heterocycles. The zero-order valence-electron chi connectivity index (χ0n) is 29.7. The van der Waals surface area contributed by atoms with Crippen LogP contribution in [0.4, 0.5) is 0 Å².